The van der Waals surface area contributed by atoms with Crippen LogP contribution in [0.5, 0.6) is 0 Å². The van der Waals surface area contributed by atoms with E-state index in [4.69, 9.17) is 0 Å². The first-order valence-corrected chi connectivity index (χ1v) is 5.58. The molecule has 0 atom stereocenters. The number of rotatable bonds is 4. The van der Waals surface area contributed by atoms with E-state index in [0.29, 0.717) is 12.2 Å². The second kappa shape index (κ2) is 5.30. The molecule has 0 saturated heterocycles. The van der Waals surface area contributed by atoms with E-state index in [1.165, 1.54) is 16.8 Å². The number of nitrogens with zero attached hydrogens (tertiary/aromatic N) is 3. The molecule has 0 aliphatic heterocycles. The van der Waals surface area contributed by atoms with Crippen molar-refractivity contribution in [3.63, 3.8) is 0 Å². The molecule has 1 heterocycles. The molecule has 0 saturated carbocycles. The molecule has 0 fully saturated rings. The van der Waals surface area contributed by atoms with Crippen LogP contribution in [-0.4, -0.2) is 21.5 Å². The van der Waals surface area contributed by atoms with Gasteiger partial charge in [0.05, 0.1) is 11.5 Å². The Morgan fingerprint density at radius 1 is 1.47 bits per heavy atom. The standard InChI is InChI=1S/C12H12N4O3/c1-13-10-7-9(3-4-11(10)16(18)19)8-15-6-2-5-14-12(15)17/h2-7,13H,8H2,1H3. The predicted molar refractivity (Wildman–Crippen MR) is 70.2 cm³/mol. The number of benzene rings is 1. The lowest BCUT2D eigenvalue weighted by atomic mass is 10.1. The lowest BCUT2D eigenvalue weighted by Gasteiger charge is -2.07. The van der Waals surface area contributed by atoms with E-state index in [1.54, 1.807) is 31.4 Å². The maximum atomic E-state index is 11.5. The fourth-order valence-corrected chi connectivity index (χ4v) is 1.75. The van der Waals surface area contributed by atoms with Crippen LogP contribution in [0.15, 0.2) is 41.5 Å². The quantitative estimate of drug-likeness (QED) is 0.659. The minimum absolute atomic E-state index is 0.00443. The SMILES string of the molecule is CNc1cc(Cn2cccnc2=O)ccc1[N+](=O)[O-]. The normalized spacial score (nSPS) is 10.2. The summed E-state index contributed by atoms with van der Waals surface area (Å²) in [6, 6.07) is 6.35. The zero-order valence-corrected chi connectivity index (χ0v) is 10.2. The van der Waals surface area contributed by atoms with Crippen LogP contribution in [0.4, 0.5) is 11.4 Å². The maximum Gasteiger partial charge on any atom is 0.347 e. The first-order valence-electron chi connectivity index (χ1n) is 5.58. The van der Waals surface area contributed by atoms with Gasteiger partial charge < -0.3 is 5.32 Å². The summed E-state index contributed by atoms with van der Waals surface area (Å²) in [5.41, 5.74) is 0.848. The lowest BCUT2D eigenvalue weighted by Crippen LogP contribution is -2.21. The van der Waals surface area contributed by atoms with Crippen molar-refractivity contribution in [3.8, 4) is 0 Å². The second-order valence-electron chi connectivity index (χ2n) is 3.89. The molecule has 0 amide bonds. The van der Waals surface area contributed by atoms with Crippen molar-refractivity contribution in [2.45, 2.75) is 6.54 Å². The summed E-state index contributed by atoms with van der Waals surface area (Å²) >= 11 is 0. The highest BCUT2D eigenvalue weighted by atomic mass is 16.6. The Hall–Kier alpha value is -2.70. The fourth-order valence-electron chi connectivity index (χ4n) is 1.75. The van der Waals surface area contributed by atoms with Crippen molar-refractivity contribution in [2.75, 3.05) is 12.4 Å². The van der Waals surface area contributed by atoms with Crippen molar-refractivity contribution < 1.29 is 4.92 Å². The van der Waals surface area contributed by atoms with Crippen molar-refractivity contribution in [3.05, 3.63) is 62.8 Å². The molecule has 0 bridgehead atoms. The van der Waals surface area contributed by atoms with E-state index in [2.05, 4.69) is 10.3 Å². The van der Waals surface area contributed by atoms with Gasteiger partial charge in [-0.2, -0.15) is 0 Å². The Morgan fingerprint density at radius 3 is 2.89 bits per heavy atom. The molecule has 98 valence electrons. The lowest BCUT2D eigenvalue weighted by molar-refractivity contribution is -0.383. The van der Waals surface area contributed by atoms with Gasteiger partial charge in [-0.3, -0.25) is 14.7 Å². The monoisotopic (exact) mass is 260 g/mol. The average molecular weight is 260 g/mol. The Morgan fingerprint density at radius 2 is 2.26 bits per heavy atom. The van der Waals surface area contributed by atoms with Crippen LogP contribution in [0, 0.1) is 10.1 Å². The van der Waals surface area contributed by atoms with Gasteiger partial charge in [0.15, 0.2) is 0 Å². The van der Waals surface area contributed by atoms with Crippen LogP contribution in [0.2, 0.25) is 0 Å². The van der Waals surface area contributed by atoms with E-state index < -0.39 is 4.92 Å². The highest BCUT2D eigenvalue weighted by Gasteiger charge is 2.12. The van der Waals surface area contributed by atoms with Crippen molar-refractivity contribution in [1.82, 2.24) is 9.55 Å². The minimum Gasteiger partial charge on any atom is -0.383 e. The van der Waals surface area contributed by atoms with Crippen LogP contribution in [0.3, 0.4) is 0 Å². The van der Waals surface area contributed by atoms with Crippen LogP contribution >= 0.6 is 0 Å². The van der Waals surface area contributed by atoms with E-state index >= 15 is 0 Å². The molecule has 7 nitrogen and oxygen atoms in total. The fraction of sp³-hybridized carbons (Fsp3) is 0.167. The van der Waals surface area contributed by atoms with E-state index in [-0.39, 0.29) is 11.4 Å². The number of nitrogens with one attached hydrogen (secondary N) is 1. The molecule has 1 aromatic carbocycles. The van der Waals surface area contributed by atoms with Crippen molar-refractivity contribution in [2.24, 2.45) is 0 Å². The van der Waals surface area contributed by atoms with Gasteiger partial charge in [0.25, 0.3) is 5.69 Å². The topological polar surface area (TPSA) is 90.1 Å². The number of hydrogen-bond donors (Lipinski definition) is 1. The summed E-state index contributed by atoms with van der Waals surface area (Å²) in [6.45, 7) is 0.319. The summed E-state index contributed by atoms with van der Waals surface area (Å²) in [5, 5.41) is 13.6. The number of nitro groups is 1. The Bertz CT molecular complexity index is 666. The summed E-state index contributed by atoms with van der Waals surface area (Å²) < 4.78 is 1.43. The van der Waals surface area contributed by atoms with Gasteiger partial charge in [0.1, 0.15) is 5.69 Å². The van der Waals surface area contributed by atoms with E-state index in [1.807, 2.05) is 0 Å². The molecule has 0 aliphatic carbocycles. The van der Waals surface area contributed by atoms with Crippen molar-refractivity contribution in [1.29, 1.82) is 0 Å². The van der Waals surface area contributed by atoms with Crippen molar-refractivity contribution >= 4 is 11.4 Å². The zero-order chi connectivity index (χ0) is 13.8. The highest BCUT2D eigenvalue weighted by molar-refractivity contribution is 5.62. The van der Waals surface area contributed by atoms with Crippen LogP contribution in [0.1, 0.15) is 5.56 Å². The smallest absolute Gasteiger partial charge is 0.347 e. The minimum atomic E-state index is -0.453. The molecule has 0 spiro atoms. The summed E-state index contributed by atoms with van der Waals surface area (Å²) in [4.78, 5) is 25.5. The third-order valence-corrected chi connectivity index (χ3v) is 2.66. The third-order valence-electron chi connectivity index (χ3n) is 2.66. The van der Waals surface area contributed by atoms with Gasteiger partial charge in [-0.05, 0) is 17.7 Å². The molecule has 0 aliphatic rings. The van der Waals surface area contributed by atoms with Crippen LogP contribution < -0.4 is 11.0 Å². The Kier molecular flexibility index (Phi) is 3.56. The zero-order valence-electron chi connectivity index (χ0n) is 10.2. The largest absolute Gasteiger partial charge is 0.383 e. The number of hydrogen-bond acceptors (Lipinski definition) is 5. The molecular weight excluding hydrogens is 248 g/mol. The molecule has 0 radical (unpaired) electrons. The first kappa shape index (κ1) is 12.7. The molecule has 1 N–H and O–H groups in total. The van der Waals surface area contributed by atoms with Gasteiger partial charge >= 0.3 is 5.69 Å². The van der Waals surface area contributed by atoms with E-state index in [9.17, 15) is 14.9 Å². The Labute approximate surface area is 108 Å². The van der Waals surface area contributed by atoms with Crippen LogP contribution in [-0.2, 0) is 6.54 Å². The molecule has 2 aromatic rings. The van der Waals surface area contributed by atoms with Gasteiger partial charge in [-0.25, -0.2) is 9.78 Å². The predicted octanol–water partition coefficient (Wildman–Crippen LogP) is 1.24. The molecule has 1 aromatic heterocycles. The number of anilines is 1. The molecule has 19 heavy (non-hydrogen) atoms. The molecule has 2 rings (SSSR count). The average Bonchev–Trinajstić information content (AvgIpc) is 2.41. The summed E-state index contributed by atoms with van der Waals surface area (Å²) in [7, 11) is 1.61. The first-order chi connectivity index (χ1) is 9.11. The maximum absolute atomic E-state index is 11.5. The molecule has 7 heteroatoms. The van der Waals surface area contributed by atoms with Gasteiger partial charge in [-0.1, -0.05) is 6.07 Å². The van der Waals surface area contributed by atoms with Gasteiger partial charge in [0.2, 0.25) is 0 Å². The summed E-state index contributed by atoms with van der Waals surface area (Å²) in [5.74, 6) is 0. The van der Waals surface area contributed by atoms with Crippen LogP contribution in [0.25, 0.3) is 0 Å². The van der Waals surface area contributed by atoms with Gasteiger partial charge in [-0.15, -0.1) is 0 Å². The molecular formula is C12H12N4O3. The Balaban J connectivity index is 2.35. The molecule has 0 unspecified atom stereocenters. The summed E-state index contributed by atoms with van der Waals surface area (Å²) in [6.07, 6.45) is 3.05. The third kappa shape index (κ3) is 2.76. The number of aromatic nitrogens is 2. The second-order valence-corrected chi connectivity index (χ2v) is 3.89. The van der Waals surface area contributed by atoms with E-state index in [0.717, 1.165) is 5.56 Å². The highest BCUT2D eigenvalue weighted by Crippen LogP contribution is 2.25. The number of nitro benzene ring substituents is 1. The van der Waals surface area contributed by atoms with Gasteiger partial charge in [0, 0.05) is 25.5 Å².